The van der Waals surface area contributed by atoms with Gasteiger partial charge in [-0.3, -0.25) is 0 Å². The third-order valence-electron chi connectivity index (χ3n) is 10.4. The van der Waals surface area contributed by atoms with E-state index in [1.54, 1.807) is 0 Å². The van der Waals surface area contributed by atoms with Gasteiger partial charge in [-0.1, -0.05) is 164 Å². The molecular formula is C50H33N. The molecule has 0 spiro atoms. The van der Waals surface area contributed by atoms with Crippen LogP contribution in [0.5, 0.6) is 0 Å². The largest absolute Gasteiger partial charge is 0.310 e. The lowest BCUT2D eigenvalue weighted by Gasteiger charge is -2.28. The highest BCUT2D eigenvalue weighted by atomic mass is 15.1. The number of rotatable bonds is 5. The Labute approximate surface area is 297 Å². The van der Waals surface area contributed by atoms with E-state index in [1.165, 1.54) is 76.1 Å². The summed E-state index contributed by atoms with van der Waals surface area (Å²) in [5.74, 6) is 0. The third-order valence-corrected chi connectivity index (χ3v) is 10.4. The van der Waals surface area contributed by atoms with Crippen LogP contribution >= 0.6 is 0 Å². The van der Waals surface area contributed by atoms with Crippen molar-refractivity contribution in [2.45, 2.75) is 0 Å². The van der Waals surface area contributed by atoms with Gasteiger partial charge in [0.25, 0.3) is 0 Å². The molecule has 0 saturated heterocycles. The Kier molecular flexibility index (Phi) is 6.89. The summed E-state index contributed by atoms with van der Waals surface area (Å²) in [6.07, 6.45) is 0. The van der Waals surface area contributed by atoms with Gasteiger partial charge in [-0.15, -0.1) is 0 Å². The van der Waals surface area contributed by atoms with Crippen molar-refractivity contribution >= 4 is 70.9 Å². The molecule has 10 aromatic rings. The van der Waals surface area contributed by atoms with Crippen molar-refractivity contribution < 1.29 is 0 Å². The topological polar surface area (TPSA) is 3.24 Å². The van der Waals surface area contributed by atoms with Crippen LogP contribution in [0, 0.1) is 0 Å². The molecule has 0 N–H and O–H groups in total. The molecule has 0 fully saturated rings. The molecule has 238 valence electrons. The minimum absolute atomic E-state index is 1.11. The molecule has 10 aromatic carbocycles. The van der Waals surface area contributed by atoms with Crippen molar-refractivity contribution in [3.63, 3.8) is 0 Å². The maximum Gasteiger partial charge on any atom is 0.0546 e. The SMILES string of the molecule is c1ccc2c(-c3ccc(N(c4ccc(-c5cc6ccccc6c6ccccc56)cc4)c4cc5ccccc5c5ccccc45)cc3)cccc2c1. The fourth-order valence-corrected chi connectivity index (χ4v) is 8.00. The molecule has 0 heterocycles. The van der Waals surface area contributed by atoms with E-state index in [-0.39, 0.29) is 0 Å². The van der Waals surface area contributed by atoms with Gasteiger partial charge < -0.3 is 4.90 Å². The van der Waals surface area contributed by atoms with E-state index in [0.717, 1.165) is 17.1 Å². The Morgan fingerprint density at radius 3 is 1.31 bits per heavy atom. The van der Waals surface area contributed by atoms with Crippen LogP contribution in [0.4, 0.5) is 17.1 Å². The zero-order chi connectivity index (χ0) is 33.7. The molecule has 0 unspecified atom stereocenters. The zero-order valence-electron chi connectivity index (χ0n) is 28.0. The summed E-state index contributed by atoms with van der Waals surface area (Å²) in [4.78, 5) is 2.42. The normalized spacial score (nSPS) is 11.5. The van der Waals surface area contributed by atoms with E-state index in [1.807, 2.05) is 0 Å². The predicted octanol–water partition coefficient (Wildman–Crippen LogP) is 14.3. The van der Waals surface area contributed by atoms with Gasteiger partial charge in [0.2, 0.25) is 0 Å². The van der Waals surface area contributed by atoms with Crippen LogP contribution in [-0.4, -0.2) is 0 Å². The first kappa shape index (κ1) is 29.2. The molecule has 0 amide bonds. The van der Waals surface area contributed by atoms with E-state index >= 15 is 0 Å². The standard InChI is InChI=1S/C50H33N/c1-4-16-41-34(12-1)15-11-23-42(41)35-24-28-39(29-25-35)51(50-33-38-14-3-6-18-44(38)46-20-9-10-22-48(46)50)40-30-26-36(27-31-40)49-32-37-13-2-5-17-43(37)45-19-7-8-21-47(45)49/h1-33H. The lowest BCUT2D eigenvalue weighted by atomic mass is 9.93. The number of benzene rings is 10. The quantitative estimate of drug-likeness (QED) is 0.168. The molecule has 0 aliphatic carbocycles. The second kappa shape index (κ2) is 12.0. The maximum atomic E-state index is 2.42. The molecule has 1 nitrogen and oxygen atoms in total. The molecule has 0 aliphatic rings. The molecule has 0 bridgehead atoms. The Hall–Kier alpha value is -6.70. The molecular weight excluding hydrogens is 615 g/mol. The third kappa shape index (κ3) is 4.94. The lowest BCUT2D eigenvalue weighted by Crippen LogP contribution is -2.10. The van der Waals surface area contributed by atoms with E-state index < -0.39 is 0 Å². The van der Waals surface area contributed by atoms with Crippen molar-refractivity contribution in [1.29, 1.82) is 0 Å². The number of anilines is 3. The number of hydrogen-bond acceptors (Lipinski definition) is 1. The summed E-state index contributed by atoms with van der Waals surface area (Å²) in [7, 11) is 0. The van der Waals surface area contributed by atoms with Gasteiger partial charge in [0.1, 0.15) is 0 Å². The monoisotopic (exact) mass is 647 g/mol. The first-order valence-corrected chi connectivity index (χ1v) is 17.6. The van der Waals surface area contributed by atoms with Crippen LogP contribution in [0.25, 0.3) is 76.1 Å². The summed E-state index contributed by atoms with van der Waals surface area (Å²) >= 11 is 0. The van der Waals surface area contributed by atoms with Crippen molar-refractivity contribution in [2.75, 3.05) is 4.90 Å². The minimum Gasteiger partial charge on any atom is -0.310 e. The van der Waals surface area contributed by atoms with E-state index in [9.17, 15) is 0 Å². The van der Waals surface area contributed by atoms with Crippen molar-refractivity contribution in [2.24, 2.45) is 0 Å². The van der Waals surface area contributed by atoms with Crippen LogP contribution in [0.15, 0.2) is 200 Å². The van der Waals surface area contributed by atoms with Crippen LogP contribution in [0.1, 0.15) is 0 Å². The number of fused-ring (bicyclic) bond motifs is 7. The van der Waals surface area contributed by atoms with Gasteiger partial charge in [-0.2, -0.15) is 0 Å². The Bertz CT molecular complexity index is 2900. The summed E-state index contributed by atoms with van der Waals surface area (Å²) < 4.78 is 0. The van der Waals surface area contributed by atoms with Crippen molar-refractivity contribution in [3.8, 4) is 22.3 Å². The Balaban J connectivity index is 1.15. The lowest BCUT2D eigenvalue weighted by molar-refractivity contribution is 1.30. The van der Waals surface area contributed by atoms with Gasteiger partial charge in [0, 0.05) is 16.8 Å². The van der Waals surface area contributed by atoms with Crippen molar-refractivity contribution in [1.82, 2.24) is 0 Å². The highest BCUT2D eigenvalue weighted by Crippen LogP contribution is 2.44. The highest BCUT2D eigenvalue weighted by Gasteiger charge is 2.18. The van der Waals surface area contributed by atoms with Gasteiger partial charge in [-0.05, 0) is 107 Å². The fraction of sp³-hybridized carbons (Fsp3) is 0. The Morgan fingerprint density at radius 2 is 0.686 bits per heavy atom. The number of nitrogens with zero attached hydrogens (tertiary/aromatic N) is 1. The molecule has 0 saturated carbocycles. The summed E-state index contributed by atoms with van der Waals surface area (Å²) in [6.45, 7) is 0. The molecule has 0 aromatic heterocycles. The minimum atomic E-state index is 1.11. The Morgan fingerprint density at radius 1 is 0.255 bits per heavy atom. The average Bonchev–Trinajstić information content (AvgIpc) is 3.21. The second-order valence-corrected chi connectivity index (χ2v) is 13.3. The number of hydrogen-bond donors (Lipinski definition) is 0. The van der Waals surface area contributed by atoms with Gasteiger partial charge in [0.05, 0.1) is 5.69 Å². The molecule has 10 rings (SSSR count). The smallest absolute Gasteiger partial charge is 0.0546 e. The second-order valence-electron chi connectivity index (χ2n) is 13.3. The molecule has 0 aliphatic heterocycles. The van der Waals surface area contributed by atoms with Crippen LogP contribution in [0.3, 0.4) is 0 Å². The average molecular weight is 648 g/mol. The van der Waals surface area contributed by atoms with Gasteiger partial charge >= 0.3 is 0 Å². The fourth-order valence-electron chi connectivity index (χ4n) is 8.00. The molecule has 1 heteroatoms. The van der Waals surface area contributed by atoms with Gasteiger partial charge in [-0.25, -0.2) is 0 Å². The van der Waals surface area contributed by atoms with Crippen LogP contribution in [-0.2, 0) is 0 Å². The maximum absolute atomic E-state index is 2.42. The van der Waals surface area contributed by atoms with Crippen LogP contribution < -0.4 is 4.90 Å². The first-order chi connectivity index (χ1) is 25.3. The van der Waals surface area contributed by atoms with Gasteiger partial charge in [0.15, 0.2) is 0 Å². The highest BCUT2D eigenvalue weighted by molar-refractivity contribution is 6.15. The van der Waals surface area contributed by atoms with E-state index in [4.69, 9.17) is 0 Å². The van der Waals surface area contributed by atoms with Crippen LogP contribution in [0.2, 0.25) is 0 Å². The van der Waals surface area contributed by atoms with E-state index in [2.05, 4.69) is 205 Å². The zero-order valence-corrected chi connectivity index (χ0v) is 28.0. The summed E-state index contributed by atoms with van der Waals surface area (Å²) in [6, 6.07) is 73.0. The summed E-state index contributed by atoms with van der Waals surface area (Å²) in [5.41, 5.74) is 8.29. The van der Waals surface area contributed by atoms with E-state index in [0.29, 0.717) is 0 Å². The van der Waals surface area contributed by atoms with Crippen molar-refractivity contribution in [3.05, 3.63) is 200 Å². The molecule has 51 heavy (non-hydrogen) atoms. The molecule has 0 atom stereocenters. The summed E-state index contributed by atoms with van der Waals surface area (Å²) in [5, 5.41) is 12.6. The first-order valence-electron chi connectivity index (χ1n) is 17.6. The predicted molar refractivity (Wildman–Crippen MR) is 220 cm³/mol. The molecule has 0 radical (unpaired) electrons.